The minimum atomic E-state index is 0. The van der Waals surface area contributed by atoms with Gasteiger partial charge in [-0.15, -0.1) is 44.8 Å². The molecule has 8 aromatic carbocycles. The van der Waals surface area contributed by atoms with Crippen LogP contribution >= 0.6 is 0 Å². The minimum Gasteiger partial charge on any atom is -1.00 e. The molecule has 0 N–H and O–H groups in total. The molecule has 8 rings (SSSR count). The Morgan fingerprint density at radius 1 is 0.389 bits per heavy atom. The first-order valence-corrected chi connectivity index (χ1v) is 32.3. The molecule has 72 heavy (non-hydrogen) atoms. The van der Waals surface area contributed by atoms with Gasteiger partial charge in [-0.2, -0.15) is 12.1 Å². The second-order valence-corrected chi connectivity index (χ2v) is 33.9. The SMILES string of the molecule is CCC(C)c1cc2c(-c3ccc(C(C)(C)C)cc3)ccc(-c3ccc(C(C)(C)C)cc3)c2[cH-]1.CCC(C)c1cc2c(-c3ccc(C(C)(C)C)cc3)ccc(-c3ccc(C(C)(C)C)cc3)c2[cH-]1.C[Si](C)=[Zr+2].[Cl-].[Cl-]. The fraction of sp³-hybridized carbons (Fsp3) is 0.382. The Hall–Kier alpha value is -3.78. The third-order valence-electron chi connectivity index (χ3n) is 14.4. The van der Waals surface area contributed by atoms with Crippen molar-refractivity contribution < 1.29 is 48.1 Å². The Kier molecular flexibility index (Phi) is 20.9. The minimum absolute atomic E-state index is 0. The zero-order valence-corrected chi connectivity index (χ0v) is 52.2. The summed E-state index contributed by atoms with van der Waals surface area (Å²) in [6.07, 6.45) is 2.31. The Morgan fingerprint density at radius 3 is 0.806 bits per heavy atom. The maximum Gasteiger partial charge on any atom is -1.00 e. The summed E-state index contributed by atoms with van der Waals surface area (Å²) in [6, 6.07) is 55.7. The molecule has 2 unspecified atom stereocenters. The molecule has 0 fully saturated rings. The molecule has 0 bridgehead atoms. The number of benzene rings is 6. The van der Waals surface area contributed by atoms with Crippen LogP contribution < -0.4 is 24.8 Å². The third kappa shape index (κ3) is 14.7. The van der Waals surface area contributed by atoms with Crippen molar-refractivity contribution in [1.29, 1.82) is 0 Å². The summed E-state index contributed by atoms with van der Waals surface area (Å²) >= 11 is 1.74. The molecule has 0 radical (unpaired) electrons. The number of hydrogen-bond donors (Lipinski definition) is 0. The molecule has 2 atom stereocenters. The molecule has 4 heteroatoms. The van der Waals surface area contributed by atoms with Crippen LogP contribution in [-0.2, 0) is 45.0 Å². The van der Waals surface area contributed by atoms with Gasteiger partial charge in [0.1, 0.15) is 0 Å². The van der Waals surface area contributed by atoms with Gasteiger partial charge in [-0.1, -0.05) is 278 Å². The fourth-order valence-corrected chi connectivity index (χ4v) is 9.29. The van der Waals surface area contributed by atoms with Crippen molar-refractivity contribution in [2.24, 2.45) is 0 Å². The Labute approximate surface area is 465 Å². The number of hydrogen-bond acceptors (Lipinski definition) is 0. The van der Waals surface area contributed by atoms with Gasteiger partial charge in [0.25, 0.3) is 0 Å². The number of rotatable bonds is 8. The summed E-state index contributed by atoms with van der Waals surface area (Å²) in [5.41, 5.74) is 19.8. The maximum absolute atomic E-state index is 2.43. The predicted octanol–water partition coefficient (Wildman–Crippen LogP) is 14.8. The summed E-state index contributed by atoms with van der Waals surface area (Å²) in [5, 5.41) is 5.47. The summed E-state index contributed by atoms with van der Waals surface area (Å²) in [6.45, 7) is 41.1. The summed E-state index contributed by atoms with van der Waals surface area (Å²) in [7, 11) is 0. The van der Waals surface area contributed by atoms with Gasteiger partial charge in [-0.05, 0) is 66.9 Å². The third-order valence-corrected chi connectivity index (χ3v) is 14.4. The maximum atomic E-state index is 2.43. The molecule has 0 aromatic heterocycles. The molecule has 0 saturated heterocycles. The fourth-order valence-electron chi connectivity index (χ4n) is 9.29. The van der Waals surface area contributed by atoms with E-state index in [0.717, 1.165) is 12.8 Å². The van der Waals surface area contributed by atoms with Gasteiger partial charge in [0.2, 0.25) is 0 Å². The van der Waals surface area contributed by atoms with Gasteiger partial charge in [-0.25, -0.2) is 0 Å². The van der Waals surface area contributed by atoms with E-state index >= 15 is 0 Å². The van der Waals surface area contributed by atoms with E-state index in [1.54, 1.807) is 23.3 Å². The molecule has 8 aromatic rings. The molecule has 0 aliphatic rings. The second kappa shape index (κ2) is 24.7. The monoisotopic (exact) mass is 1090 g/mol. The summed E-state index contributed by atoms with van der Waals surface area (Å²) in [4.78, 5) is 0. The largest absolute Gasteiger partial charge is 1.00 e. The van der Waals surface area contributed by atoms with Crippen LogP contribution in [0.5, 0.6) is 0 Å². The quantitative estimate of drug-likeness (QED) is 0.105. The predicted molar refractivity (Wildman–Crippen MR) is 311 cm³/mol. The molecule has 0 aliphatic heterocycles. The topological polar surface area (TPSA) is 0 Å². The van der Waals surface area contributed by atoms with Crippen molar-refractivity contribution in [2.45, 2.75) is 170 Å². The van der Waals surface area contributed by atoms with Crippen LogP contribution in [0.15, 0.2) is 146 Å². The van der Waals surface area contributed by atoms with Crippen LogP contribution in [0, 0.1) is 0 Å². The summed E-state index contributed by atoms with van der Waals surface area (Å²) in [5.74, 6) is 1.12. The van der Waals surface area contributed by atoms with Gasteiger partial charge in [0, 0.05) is 0 Å². The molecule has 0 aliphatic carbocycles. The standard InChI is InChI=1S/2C33H39.C2H6Si.2ClH.Zr/c2*1-9-22(2)25-20-30-28(23-10-14-26(15-11-23)32(3,4)5)18-19-29(31(30)21-25)24-12-16-27(17-13-24)33(6,7)8;1-3-2;;;/h2*10-22H,9H2,1-8H3;1-2H3;2*1H;/q2*-1;;;;+2/p-2. The van der Waals surface area contributed by atoms with Gasteiger partial charge in [0.15, 0.2) is 0 Å². The van der Waals surface area contributed by atoms with E-state index in [-0.39, 0.29) is 51.9 Å². The van der Waals surface area contributed by atoms with E-state index < -0.39 is 0 Å². The van der Waals surface area contributed by atoms with Crippen molar-refractivity contribution in [1.82, 2.24) is 0 Å². The molecule has 0 heterocycles. The van der Waals surface area contributed by atoms with Crippen LogP contribution in [0.1, 0.15) is 169 Å². The van der Waals surface area contributed by atoms with E-state index in [9.17, 15) is 0 Å². The van der Waals surface area contributed by atoms with Crippen LogP contribution in [0.4, 0.5) is 0 Å². The van der Waals surface area contributed by atoms with Crippen molar-refractivity contribution >= 4 is 27.0 Å². The van der Waals surface area contributed by atoms with E-state index in [1.165, 1.54) is 99.4 Å². The van der Waals surface area contributed by atoms with Crippen molar-refractivity contribution in [3.63, 3.8) is 0 Å². The van der Waals surface area contributed by atoms with Crippen LogP contribution in [0.25, 0.3) is 66.1 Å². The molecule has 0 saturated carbocycles. The van der Waals surface area contributed by atoms with Gasteiger partial charge < -0.3 is 24.8 Å². The molecular weight excluding hydrogens is 1010 g/mol. The summed E-state index contributed by atoms with van der Waals surface area (Å²) < 4.78 is 0. The van der Waals surface area contributed by atoms with Crippen LogP contribution in [0.2, 0.25) is 13.1 Å². The van der Waals surface area contributed by atoms with E-state index in [0.29, 0.717) is 11.8 Å². The molecule has 380 valence electrons. The van der Waals surface area contributed by atoms with Crippen molar-refractivity contribution in [2.75, 3.05) is 0 Å². The average molecular weight is 1090 g/mol. The van der Waals surface area contributed by atoms with E-state index in [2.05, 4.69) is 269 Å². The normalized spacial score (nSPS) is 12.7. The van der Waals surface area contributed by atoms with Crippen molar-refractivity contribution in [3.05, 3.63) is 179 Å². The Morgan fingerprint density at radius 2 is 0.597 bits per heavy atom. The molecule has 0 amide bonds. The van der Waals surface area contributed by atoms with Gasteiger partial charge in [-0.3, -0.25) is 0 Å². The van der Waals surface area contributed by atoms with E-state index in [1.807, 2.05) is 0 Å². The first-order valence-electron chi connectivity index (χ1n) is 26.1. The Balaban J connectivity index is 0.000000284. The molecular formula is C68H84Cl2SiZr-2. The van der Waals surface area contributed by atoms with Crippen LogP contribution in [-0.4, -0.2) is 5.43 Å². The number of fused-ring (bicyclic) bond motifs is 2. The smallest absolute Gasteiger partial charge is 1.00 e. The van der Waals surface area contributed by atoms with Gasteiger partial charge in [0.05, 0.1) is 0 Å². The first kappa shape index (κ1) is 60.8. The zero-order valence-electron chi connectivity index (χ0n) is 47.2. The van der Waals surface area contributed by atoms with Gasteiger partial charge >= 0.3 is 41.9 Å². The first-order chi connectivity index (χ1) is 32.7. The Bertz CT molecular complexity index is 2610. The molecule has 0 nitrogen and oxygen atoms in total. The average Bonchev–Trinajstić information content (AvgIpc) is 3.96. The zero-order chi connectivity index (χ0) is 51.5. The second-order valence-electron chi connectivity index (χ2n) is 24.5. The van der Waals surface area contributed by atoms with Crippen LogP contribution in [0.3, 0.4) is 0 Å². The van der Waals surface area contributed by atoms with Crippen molar-refractivity contribution in [3.8, 4) is 44.5 Å². The molecule has 0 spiro atoms. The van der Waals surface area contributed by atoms with E-state index in [4.69, 9.17) is 0 Å². The number of halogens is 2.